The quantitative estimate of drug-likeness (QED) is 0.631. The normalized spacial score (nSPS) is 14.2. The van der Waals surface area contributed by atoms with Crippen LogP contribution in [0, 0.1) is 6.92 Å². The predicted molar refractivity (Wildman–Crippen MR) is 81.2 cm³/mol. The summed E-state index contributed by atoms with van der Waals surface area (Å²) in [4.78, 5) is 23.9. The monoisotopic (exact) mass is 304 g/mol. The van der Waals surface area contributed by atoms with Gasteiger partial charge in [0.1, 0.15) is 11.5 Å². The summed E-state index contributed by atoms with van der Waals surface area (Å²) < 4.78 is 16.1. The first-order chi connectivity index (χ1) is 10.3. The zero-order chi connectivity index (χ0) is 16.4. The van der Waals surface area contributed by atoms with Gasteiger partial charge in [0.25, 0.3) is 0 Å². The number of rotatable bonds is 4. The molecule has 2 rings (SSSR count). The Hall–Kier alpha value is -2.30. The van der Waals surface area contributed by atoms with Crippen LogP contribution in [-0.4, -0.2) is 24.5 Å². The number of ether oxygens (including phenoxy) is 3. The lowest BCUT2D eigenvalue weighted by Crippen LogP contribution is -2.26. The fourth-order valence-corrected chi connectivity index (χ4v) is 2.27. The minimum Gasteiger partial charge on any atom is -0.479 e. The van der Waals surface area contributed by atoms with Gasteiger partial charge in [-0.15, -0.1) is 0 Å². The lowest BCUT2D eigenvalue weighted by molar-refractivity contribution is -0.150. The van der Waals surface area contributed by atoms with Crippen LogP contribution in [0.3, 0.4) is 0 Å². The van der Waals surface area contributed by atoms with Crippen molar-refractivity contribution in [2.75, 3.05) is 6.61 Å². The van der Waals surface area contributed by atoms with E-state index in [1.165, 1.54) is 0 Å². The Kier molecular flexibility index (Phi) is 4.54. The SMILES string of the molecule is CCOC(=O)C(C)Oc1cc(C)c2c(c1)OC(=C(C)C)C2=O. The van der Waals surface area contributed by atoms with Gasteiger partial charge in [-0.05, 0) is 51.8 Å². The van der Waals surface area contributed by atoms with Crippen molar-refractivity contribution in [1.29, 1.82) is 0 Å². The van der Waals surface area contributed by atoms with Gasteiger partial charge in [-0.25, -0.2) is 4.79 Å². The van der Waals surface area contributed by atoms with Crippen molar-refractivity contribution < 1.29 is 23.8 Å². The van der Waals surface area contributed by atoms with Gasteiger partial charge in [0.15, 0.2) is 11.9 Å². The van der Waals surface area contributed by atoms with Crippen LogP contribution in [0.4, 0.5) is 0 Å². The van der Waals surface area contributed by atoms with Gasteiger partial charge in [-0.3, -0.25) is 4.79 Å². The van der Waals surface area contributed by atoms with Crippen LogP contribution in [0.1, 0.15) is 43.6 Å². The van der Waals surface area contributed by atoms with Crippen LogP contribution < -0.4 is 9.47 Å². The second-order valence-corrected chi connectivity index (χ2v) is 5.39. The maximum Gasteiger partial charge on any atom is 0.347 e. The number of hydrogen-bond donors (Lipinski definition) is 0. The molecule has 0 spiro atoms. The fraction of sp³-hybridized carbons (Fsp3) is 0.412. The standard InChI is InChI=1S/C17H20O5/c1-6-20-17(19)11(5)21-12-7-10(4)14-13(8-12)22-16(9(2)3)15(14)18/h7-8,11H,6H2,1-5H3. The molecule has 0 aliphatic carbocycles. The summed E-state index contributed by atoms with van der Waals surface area (Å²) in [5, 5.41) is 0. The van der Waals surface area contributed by atoms with Crippen molar-refractivity contribution >= 4 is 11.8 Å². The highest BCUT2D eigenvalue weighted by Gasteiger charge is 2.31. The Morgan fingerprint density at radius 3 is 2.59 bits per heavy atom. The average molecular weight is 304 g/mol. The zero-order valence-electron chi connectivity index (χ0n) is 13.5. The molecule has 1 atom stereocenters. The lowest BCUT2D eigenvalue weighted by atomic mass is 10.0. The van der Waals surface area contributed by atoms with Gasteiger partial charge in [0, 0.05) is 6.07 Å². The maximum atomic E-state index is 12.3. The molecule has 0 amide bonds. The topological polar surface area (TPSA) is 61.8 Å². The van der Waals surface area contributed by atoms with Crippen LogP contribution in [0.5, 0.6) is 11.5 Å². The molecule has 0 saturated heterocycles. The van der Waals surface area contributed by atoms with Crippen molar-refractivity contribution in [2.24, 2.45) is 0 Å². The largest absolute Gasteiger partial charge is 0.479 e. The van der Waals surface area contributed by atoms with E-state index in [1.807, 2.05) is 20.8 Å². The third-order valence-electron chi connectivity index (χ3n) is 3.30. The summed E-state index contributed by atoms with van der Waals surface area (Å²) in [6.07, 6.45) is -0.725. The molecule has 0 saturated carbocycles. The molecular formula is C17H20O5. The number of allylic oxidation sites excluding steroid dienone is 2. The van der Waals surface area contributed by atoms with Gasteiger partial charge >= 0.3 is 5.97 Å². The van der Waals surface area contributed by atoms with E-state index < -0.39 is 12.1 Å². The van der Waals surface area contributed by atoms with Crippen LogP contribution >= 0.6 is 0 Å². The molecule has 1 heterocycles. The van der Waals surface area contributed by atoms with Crippen molar-refractivity contribution in [3.63, 3.8) is 0 Å². The molecule has 0 fully saturated rings. The summed E-state index contributed by atoms with van der Waals surface area (Å²) in [5.74, 6) is 0.751. The molecule has 5 heteroatoms. The number of benzene rings is 1. The Bertz CT molecular complexity index is 653. The van der Waals surface area contributed by atoms with Crippen LogP contribution in [0.2, 0.25) is 0 Å². The summed E-state index contributed by atoms with van der Waals surface area (Å²) in [5.41, 5.74) is 2.13. The highest BCUT2D eigenvalue weighted by atomic mass is 16.6. The maximum absolute atomic E-state index is 12.3. The highest BCUT2D eigenvalue weighted by molar-refractivity contribution is 6.13. The highest BCUT2D eigenvalue weighted by Crippen LogP contribution is 2.38. The molecule has 1 aromatic carbocycles. The molecule has 5 nitrogen and oxygen atoms in total. The smallest absolute Gasteiger partial charge is 0.347 e. The molecule has 1 aliphatic rings. The average Bonchev–Trinajstić information content (AvgIpc) is 2.76. The summed E-state index contributed by atoms with van der Waals surface area (Å²) in [7, 11) is 0. The number of Topliss-reactive ketones (excluding diaryl/α,β-unsaturated/α-hetero) is 1. The van der Waals surface area contributed by atoms with Gasteiger partial charge in [0.05, 0.1) is 12.2 Å². The van der Waals surface area contributed by atoms with Crippen LogP contribution in [0.15, 0.2) is 23.5 Å². The minimum absolute atomic E-state index is 0.113. The third-order valence-corrected chi connectivity index (χ3v) is 3.30. The molecule has 1 unspecified atom stereocenters. The number of hydrogen-bond acceptors (Lipinski definition) is 5. The van der Waals surface area contributed by atoms with E-state index in [4.69, 9.17) is 14.2 Å². The summed E-state index contributed by atoms with van der Waals surface area (Å²) in [6, 6.07) is 3.36. The molecule has 22 heavy (non-hydrogen) atoms. The molecule has 0 bridgehead atoms. The van der Waals surface area contributed by atoms with Crippen molar-refractivity contribution in [1.82, 2.24) is 0 Å². The molecule has 1 aromatic rings. The van der Waals surface area contributed by atoms with Gasteiger partial charge in [0.2, 0.25) is 5.78 Å². The Balaban J connectivity index is 2.28. The molecule has 1 aliphatic heterocycles. The zero-order valence-corrected chi connectivity index (χ0v) is 13.5. The third kappa shape index (κ3) is 2.98. The van der Waals surface area contributed by atoms with E-state index in [2.05, 4.69) is 0 Å². The van der Waals surface area contributed by atoms with Crippen LogP contribution in [0.25, 0.3) is 0 Å². The first-order valence-electron chi connectivity index (χ1n) is 7.23. The van der Waals surface area contributed by atoms with Gasteiger partial charge in [-0.1, -0.05) is 0 Å². The molecule has 0 N–H and O–H groups in total. The number of ketones is 1. The Morgan fingerprint density at radius 1 is 1.32 bits per heavy atom. The van der Waals surface area contributed by atoms with Crippen molar-refractivity contribution in [3.8, 4) is 11.5 Å². The van der Waals surface area contributed by atoms with Gasteiger partial charge < -0.3 is 14.2 Å². The summed E-state index contributed by atoms with van der Waals surface area (Å²) >= 11 is 0. The predicted octanol–water partition coefficient (Wildman–Crippen LogP) is 3.19. The van der Waals surface area contributed by atoms with Crippen molar-refractivity contribution in [2.45, 2.75) is 40.7 Å². The van der Waals surface area contributed by atoms with E-state index in [-0.39, 0.29) is 5.78 Å². The number of carbonyl (C=O) groups excluding carboxylic acids is 2. The van der Waals surface area contributed by atoms with E-state index in [9.17, 15) is 9.59 Å². The fourth-order valence-electron chi connectivity index (χ4n) is 2.27. The molecule has 118 valence electrons. The van der Waals surface area contributed by atoms with E-state index in [1.54, 1.807) is 26.0 Å². The van der Waals surface area contributed by atoms with E-state index >= 15 is 0 Å². The van der Waals surface area contributed by atoms with Crippen molar-refractivity contribution in [3.05, 3.63) is 34.6 Å². The number of esters is 1. The Morgan fingerprint density at radius 2 is 2.00 bits per heavy atom. The first kappa shape index (κ1) is 16.1. The number of carbonyl (C=O) groups is 2. The molecule has 0 radical (unpaired) electrons. The molecule has 0 aromatic heterocycles. The minimum atomic E-state index is -0.725. The first-order valence-corrected chi connectivity index (χ1v) is 7.23. The van der Waals surface area contributed by atoms with E-state index in [0.29, 0.717) is 29.4 Å². The second-order valence-electron chi connectivity index (χ2n) is 5.39. The molecular weight excluding hydrogens is 284 g/mol. The lowest BCUT2D eigenvalue weighted by Gasteiger charge is -2.14. The summed E-state index contributed by atoms with van der Waals surface area (Å²) in [6.45, 7) is 9.13. The number of fused-ring (bicyclic) bond motifs is 1. The number of aryl methyl sites for hydroxylation is 1. The van der Waals surface area contributed by atoms with Gasteiger partial charge in [-0.2, -0.15) is 0 Å². The van der Waals surface area contributed by atoms with Crippen LogP contribution in [-0.2, 0) is 9.53 Å². The Labute approximate surface area is 129 Å². The second kappa shape index (κ2) is 6.22. The van der Waals surface area contributed by atoms with E-state index in [0.717, 1.165) is 11.1 Å².